The van der Waals surface area contributed by atoms with E-state index in [1.807, 2.05) is 48.1 Å². The largest absolute Gasteiger partial charge is 0.351 e. The van der Waals surface area contributed by atoms with Crippen molar-refractivity contribution < 1.29 is 4.79 Å². The first kappa shape index (κ1) is 23.2. The molecule has 31 heavy (non-hydrogen) atoms. The van der Waals surface area contributed by atoms with Crippen molar-refractivity contribution in [1.29, 1.82) is 0 Å². The maximum absolute atomic E-state index is 12.8. The number of thiophene rings is 1. The topological polar surface area (TPSA) is 96.5 Å². The number of anilines is 1. The van der Waals surface area contributed by atoms with Crippen LogP contribution in [0, 0.1) is 6.92 Å². The molecule has 0 aliphatic carbocycles. The van der Waals surface area contributed by atoms with Gasteiger partial charge in [-0.05, 0) is 18.4 Å². The molecule has 1 aliphatic rings. The fraction of sp³-hybridized carbons (Fsp3) is 0.421. The van der Waals surface area contributed by atoms with E-state index in [0.717, 1.165) is 17.3 Å². The second kappa shape index (κ2) is 10.2. The second-order valence-corrected chi connectivity index (χ2v) is 8.17. The Labute approximate surface area is 202 Å². The number of piperazine rings is 1. The highest BCUT2D eigenvalue weighted by molar-refractivity contribution is 14.0. The Bertz CT molecular complexity index is 1040. The highest BCUT2D eigenvalue weighted by Crippen LogP contribution is 2.16. The molecule has 1 fully saturated rings. The highest BCUT2D eigenvalue weighted by atomic mass is 127. The molecule has 12 heteroatoms. The number of aromatic nitrogens is 5. The maximum Gasteiger partial charge on any atom is 0.246 e. The van der Waals surface area contributed by atoms with Crippen molar-refractivity contribution in [2.24, 2.45) is 19.1 Å². The fourth-order valence-electron chi connectivity index (χ4n) is 3.26. The van der Waals surface area contributed by atoms with Crippen LogP contribution in [0.4, 0.5) is 5.69 Å². The van der Waals surface area contributed by atoms with E-state index in [-0.39, 0.29) is 36.4 Å². The number of aryl methyl sites for hydroxylation is 2. The van der Waals surface area contributed by atoms with E-state index in [1.54, 1.807) is 27.1 Å². The molecule has 3 aromatic rings. The van der Waals surface area contributed by atoms with Gasteiger partial charge < -0.3 is 19.7 Å². The van der Waals surface area contributed by atoms with E-state index in [1.165, 1.54) is 4.88 Å². The summed E-state index contributed by atoms with van der Waals surface area (Å²) in [6, 6.07) is 4.10. The lowest BCUT2D eigenvalue weighted by molar-refractivity contribution is -0.120. The molecule has 1 saturated heterocycles. The third-order valence-electron chi connectivity index (χ3n) is 5.08. The molecule has 0 aromatic carbocycles. The lowest BCUT2D eigenvalue weighted by Gasteiger charge is -2.35. The monoisotopic (exact) mass is 555 g/mol. The normalized spacial score (nSPS) is 14.7. The summed E-state index contributed by atoms with van der Waals surface area (Å²) >= 11 is 1.69. The minimum absolute atomic E-state index is 0. The van der Waals surface area contributed by atoms with Crippen LogP contribution in [0.2, 0.25) is 0 Å². The first-order valence-electron chi connectivity index (χ1n) is 9.71. The van der Waals surface area contributed by atoms with Crippen molar-refractivity contribution in [3.63, 3.8) is 0 Å². The van der Waals surface area contributed by atoms with Crippen LogP contribution in [-0.4, -0.2) is 60.9 Å². The standard InChI is InChI=1S/C19H25N9OS.HI/c1-14-23-24-17(26(14)3)11-21-19(20-10-16-5-4-8-30-16)27-6-7-28(18(29)13-27)15-9-22-25(2)12-15;/h4-5,8-9,12H,6-7,10-11,13H2,1-3H3,(H,20,21);1H. The summed E-state index contributed by atoms with van der Waals surface area (Å²) < 4.78 is 3.62. The number of carbonyl (C=O) groups excluding carboxylic acids is 1. The minimum Gasteiger partial charge on any atom is -0.351 e. The van der Waals surface area contributed by atoms with E-state index in [2.05, 4.69) is 26.7 Å². The van der Waals surface area contributed by atoms with Crippen molar-refractivity contribution in [1.82, 2.24) is 34.8 Å². The van der Waals surface area contributed by atoms with Crippen molar-refractivity contribution in [3.05, 3.63) is 46.4 Å². The molecule has 10 nitrogen and oxygen atoms in total. The summed E-state index contributed by atoms with van der Waals surface area (Å²) in [6.07, 6.45) is 3.57. The van der Waals surface area contributed by atoms with E-state index < -0.39 is 0 Å². The van der Waals surface area contributed by atoms with Crippen LogP contribution >= 0.6 is 35.3 Å². The number of amides is 1. The molecule has 0 spiro atoms. The Kier molecular flexibility index (Phi) is 7.64. The summed E-state index contributed by atoms with van der Waals surface area (Å²) in [5, 5.41) is 17.9. The van der Waals surface area contributed by atoms with Gasteiger partial charge in [0.15, 0.2) is 11.8 Å². The zero-order chi connectivity index (χ0) is 21.1. The number of aliphatic imine (C=N–C) groups is 1. The Balaban J connectivity index is 0.00000272. The molecule has 0 unspecified atom stereocenters. The molecule has 0 atom stereocenters. The minimum atomic E-state index is 0. The lowest BCUT2D eigenvalue weighted by Crippen LogP contribution is -2.55. The number of nitrogens with one attached hydrogen (secondary N) is 1. The van der Waals surface area contributed by atoms with E-state index in [4.69, 9.17) is 4.99 Å². The van der Waals surface area contributed by atoms with Gasteiger partial charge in [-0.3, -0.25) is 9.48 Å². The summed E-state index contributed by atoms with van der Waals surface area (Å²) in [5.41, 5.74) is 0.821. The molecule has 4 heterocycles. The molecular formula is C19H26IN9OS. The SMILES string of the molecule is Cc1nnc(CN=C(NCc2cccs2)N2CCN(c3cnn(C)c3)C(=O)C2)n1C.I. The maximum atomic E-state index is 12.8. The number of halogens is 1. The van der Waals surface area contributed by atoms with Gasteiger partial charge in [-0.25, -0.2) is 4.99 Å². The molecule has 0 radical (unpaired) electrons. The fourth-order valence-corrected chi connectivity index (χ4v) is 3.90. The van der Waals surface area contributed by atoms with Crippen molar-refractivity contribution in [3.8, 4) is 0 Å². The van der Waals surface area contributed by atoms with Crippen LogP contribution < -0.4 is 10.2 Å². The van der Waals surface area contributed by atoms with Gasteiger partial charge in [0.1, 0.15) is 18.9 Å². The Morgan fingerprint density at radius 2 is 2.13 bits per heavy atom. The van der Waals surface area contributed by atoms with Gasteiger partial charge in [0, 0.05) is 38.3 Å². The van der Waals surface area contributed by atoms with Gasteiger partial charge in [0.25, 0.3) is 0 Å². The second-order valence-electron chi connectivity index (χ2n) is 7.13. The molecule has 0 saturated carbocycles. The zero-order valence-corrected chi connectivity index (χ0v) is 20.9. The number of hydrogen-bond donors (Lipinski definition) is 1. The molecule has 4 rings (SSSR count). The van der Waals surface area contributed by atoms with Crippen molar-refractivity contribution in [2.75, 3.05) is 24.5 Å². The summed E-state index contributed by atoms with van der Waals surface area (Å²) in [5.74, 6) is 2.34. The average molecular weight is 555 g/mol. The molecule has 0 bridgehead atoms. The molecule has 1 aliphatic heterocycles. The van der Waals surface area contributed by atoms with Crippen molar-refractivity contribution >= 4 is 52.9 Å². The predicted molar refractivity (Wildman–Crippen MR) is 131 cm³/mol. The summed E-state index contributed by atoms with van der Waals surface area (Å²) in [6.45, 7) is 4.46. The van der Waals surface area contributed by atoms with Gasteiger partial charge in [0.05, 0.1) is 18.4 Å². The van der Waals surface area contributed by atoms with Crippen LogP contribution in [0.3, 0.4) is 0 Å². The number of hydrogen-bond acceptors (Lipinski definition) is 6. The number of carbonyl (C=O) groups is 1. The smallest absolute Gasteiger partial charge is 0.246 e. The molecule has 3 aromatic heterocycles. The number of nitrogens with zero attached hydrogens (tertiary/aromatic N) is 8. The van der Waals surface area contributed by atoms with Gasteiger partial charge in [0.2, 0.25) is 5.91 Å². The number of guanidine groups is 1. The molecule has 166 valence electrons. The predicted octanol–water partition coefficient (Wildman–Crippen LogP) is 1.53. The third-order valence-corrected chi connectivity index (χ3v) is 5.95. The van der Waals surface area contributed by atoms with Crippen LogP contribution in [-0.2, 0) is 32.0 Å². The van der Waals surface area contributed by atoms with Gasteiger partial charge in [-0.2, -0.15) is 5.10 Å². The van der Waals surface area contributed by atoms with E-state index >= 15 is 0 Å². The quantitative estimate of drug-likeness (QED) is 0.292. The lowest BCUT2D eigenvalue weighted by atomic mass is 10.3. The van der Waals surface area contributed by atoms with Crippen LogP contribution in [0.25, 0.3) is 0 Å². The Morgan fingerprint density at radius 3 is 2.74 bits per heavy atom. The van der Waals surface area contributed by atoms with Gasteiger partial charge in [-0.15, -0.1) is 45.5 Å². The molecule has 1 amide bonds. The van der Waals surface area contributed by atoms with Crippen LogP contribution in [0.15, 0.2) is 34.9 Å². The Morgan fingerprint density at radius 1 is 1.29 bits per heavy atom. The van der Waals surface area contributed by atoms with Crippen molar-refractivity contribution in [2.45, 2.75) is 20.0 Å². The molecule has 1 N–H and O–H groups in total. The Hall–Kier alpha value is -2.48. The van der Waals surface area contributed by atoms with E-state index in [9.17, 15) is 4.79 Å². The number of rotatable bonds is 5. The van der Waals surface area contributed by atoms with Crippen LogP contribution in [0.1, 0.15) is 16.5 Å². The van der Waals surface area contributed by atoms with E-state index in [0.29, 0.717) is 32.1 Å². The summed E-state index contributed by atoms with van der Waals surface area (Å²) in [4.78, 5) is 22.5. The average Bonchev–Trinajstić information content (AvgIpc) is 3.47. The van der Waals surface area contributed by atoms with Crippen LogP contribution in [0.5, 0.6) is 0 Å². The first-order chi connectivity index (χ1) is 14.5. The molecular weight excluding hydrogens is 529 g/mol. The third kappa shape index (κ3) is 5.42. The summed E-state index contributed by atoms with van der Waals surface area (Å²) in [7, 11) is 3.77. The van der Waals surface area contributed by atoms with Gasteiger partial charge >= 0.3 is 0 Å². The highest BCUT2D eigenvalue weighted by Gasteiger charge is 2.28. The first-order valence-corrected chi connectivity index (χ1v) is 10.6. The zero-order valence-electron chi connectivity index (χ0n) is 17.7. The van der Waals surface area contributed by atoms with Gasteiger partial charge in [-0.1, -0.05) is 6.07 Å².